The van der Waals surface area contributed by atoms with Gasteiger partial charge in [0.05, 0.1) is 5.41 Å². The van der Waals surface area contributed by atoms with Crippen molar-refractivity contribution < 1.29 is 42.4 Å². The molecule has 2 aliphatic carbocycles. The number of ether oxygens (including phenoxy) is 6. The third-order valence-electron chi connectivity index (χ3n) is 10.5. The molecular weight excluding hydrogens is 508 g/mol. The summed E-state index contributed by atoms with van der Waals surface area (Å²) in [7, 11) is -2.26. The van der Waals surface area contributed by atoms with Crippen molar-refractivity contribution >= 4 is 20.3 Å². The number of hydrogen-bond donors (Lipinski definition) is 0. The van der Waals surface area contributed by atoms with Crippen molar-refractivity contribution in [3.8, 4) is 0 Å². The van der Waals surface area contributed by atoms with Crippen molar-refractivity contribution in [1.82, 2.24) is 0 Å². The highest BCUT2D eigenvalue weighted by Gasteiger charge is 2.77. The smallest absolute Gasteiger partial charge is 0.351 e. The maximum absolute atomic E-state index is 14.0. The zero-order valence-corrected chi connectivity index (χ0v) is 26.1. The molecule has 0 aromatic carbocycles. The lowest BCUT2D eigenvalue weighted by Gasteiger charge is -2.47. The second-order valence-electron chi connectivity index (χ2n) is 15.0. The van der Waals surface area contributed by atoms with Crippen molar-refractivity contribution in [2.24, 2.45) is 10.8 Å². The van der Waals surface area contributed by atoms with Gasteiger partial charge >= 0.3 is 11.9 Å². The molecule has 0 amide bonds. The van der Waals surface area contributed by atoms with Crippen LogP contribution in [0.15, 0.2) is 0 Å². The van der Waals surface area contributed by atoms with Crippen molar-refractivity contribution in [2.45, 2.75) is 154 Å². The van der Waals surface area contributed by atoms with Gasteiger partial charge in [0.25, 0.3) is 0 Å². The Hall–Kier alpha value is -1.04. The Balaban J connectivity index is 1.51. The van der Waals surface area contributed by atoms with Crippen LogP contribution in [-0.4, -0.2) is 74.1 Å². The van der Waals surface area contributed by atoms with Crippen LogP contribution in [0, 0.1) is 10.8 Å². The minimum absolute atomic E-state index is 0.0442. The lowest BCUT2D eigenvalue weighted by Crippen LogP contribution is -2.66. The first kappa shape index (κ1) is 28.5. The van der Waals surface area contributed by atoms with Gasteiger partial charge in [-0.15, -0.1) is 0 Å². The lowest BCUT2D eigenvalue weighted by atomic mass is 9.66. The van der Waals surface area contributed by atoms with E-state index >= 15 is 0 Å². The van der Waals surface area contributed by atoms with Gasteiger partial charge in [-0.05, 0) is 65.6 Å². The fourth-order valence-corrected chi connectivity index (χ4v) is 8.03. The molecule has 10 heteroatoms. The summed E-state index contributed by atoms with van der Waals surface area (Å²) in [6, 6.07) is 0. The maximum atomic E-state index is 14.0. The summed E-state index contributed by atoms with van der Waals surface area (Å²) in [5, 5.41) is -0.0442. The van der Waals surface area contributed by atoms with Crippen LogP contribution in [0.1, 0.15) is 82.1 Å². The van der Waals surface area contributed by atoms with Crippen LogP contribution in [0.4, 0.5) is 0 Å². The quantitative estimate of drug-likeness (QED) is 0.368. The molecule has 0 aromatic rings. The van der Waals surface area contributed by atoms with Crippen LogP contribution in [0.2, 0.25) is 18.1 Å². The van der Waals surface area contributed by atoms with Crippen LogP contribution in [0.5, 0.6) is 0 Å². The molecular formula is C28H46O9Si. The lowest BCUT2D eigenvalue weighted by molar-refractivity contribution is -0.213. The molecule has 5 fully saturated rings. The van der Waals surface area contributed by atoms with Gasteiger partial charge in [-0.25, -0.2) is 4.79 Å². The van der Waals surface area contributed by atoms with Crippen LogP contribution in [0.25, 0.3) is 0 Å². The Kier molecular flexibility index (Phi) is 6.02. The molecule has 8 atom stereocenters. The summed E-state index contributed by atoms with van der Waals surface area (Å²) < 4.78 is 44.7. The van der Waals surface area contributed by atoms with Crippen molar-refractivity contribution in [3.05, 3.63) is 0 Å². The summed E-state index contributed by atoms with van der Waals surface area (Å²) >= 11 is 0. The number of fused-ring (bicyclic) bond motifs is 4. The van der Waals surface area contributed by atoms with E-state index < -0.39 is 78.9 Å². The van der Waals surface area contributed by atoms with Crippen molar-refractivity contribution in [3.63, 3.8) is 0 Å². The minimum Gasteiger partial charge on any atom is -0.454 e. The van der Waals surface area contributed by atoms with Gasteiger partial charge in [0.1, 0.15) is 30.5 Å². The zero-order valence-electron chi connectivity index (χ0n) is 25.1. The molecule has 0 radical (unpaired) electrons. The molecule has 5 rings (SSSR count). The second-order valence-corrected chi connectivity index (χ2v) is 19.8. The molecule has 0 aromatic heterocycles. The summed E-state index contributed by atoms with van der Waals surface area (Å²) in [6.45, 7) is 24.0. The molecule has 3 aliphatic heterocycles. The molecule has 216 valence electrons. The van der Waals surface area contributed by atoms with Crippen molar-refractivity contribution in [1.29, 1.82) is 0 Å². The Bertz CT molecular complexity index is 998. The molecule has 5 aliphatic rings. The molecule has 2 saturated carbocycles. The highest BCUT2D eigenvalue weighted by molar-refractivity contribution is 6.74. The predicted molar refractivity (Wildman–Crippen MR) is 140 cm³/mol. The average Bonchev–Trinajstić information content (AvgIpc) is 3.35. The number of carbonyl (C=O) groups excluding carboxylic acids is 2. The average molecular weight is 555 g/mol. The van der Waals surface area contributed by atoms with Crippen molar-refractivity contribution in [2.75, 3.05) is 0 Å². The fourth-order valence-electron chi connectivity index (χ4n) is 6.73. The van der Waals surface area contributed by atoms with E-state index in [1.165, 1.54) is 0 Å². The fraction of sp³-hybridized carbons (Fsp3) is 0.929. The Morgan fingerprint density at radius 3 is 1.63 bits per heavy atom. The van der Waals surface area contributed by atoms with Gasteiger partial charge in [-0.2, -0.15) is 0 Å². The Morgan fingerprint density at radius 1 is 0.816 bits per heavy atom. The third-order valence-corrected chi connectivity index (χ3v) is 15.0. The van der Waals surface area contributed by atoms with Crippen LogP contribution in [0.3, 0.4) is 0 Å². The molecule has 3 saturated heterocycles. The van der Waals surface area contributed by atoms with Crippen LogP contribution >= 0.6 is 0 Å². The topological polar surface area (TPSA) is 98.8 Å². The number of esters is 2. The van der Waals surface area contributed by atoms with E-state index in [9.17, 15) is 9.59 Å². The summed E-state index contributed by atoms with van der Waals surface area (Å²) in [5.41, 5.74) is -2.83. The molecule has 2 unspecified atom stereocenters. The van der Waals surface area contributed by atoms with E-state index in [0.717, 1.165) is 0 Å². The molecule has 9 nitrogen and oxygen atoms in total. The molecule has 2 bridgehead atoms. The summed E-state index contributed by atoms with van der Waals surface area (Å²) in [5.74, 6) is -2.76. The molecule has 38 heavy (non-hydrogen) atoms. The number of hydrogen-bond acceptors (Lipinski definition) is 9. The van der Waals surface area contributed by atoms with Gasteiger partial charge in [0.2, 0.25) is 5.60 Å². The minimum atomic E-state index is -2.26. The van der Waals surface area contributed by atoms with Crippen LogP contribution < -0.4 is 0 Å². The number of carbonyl (C=O) groups is 2. The van der Waals surface area contributed by atoms with E-state index in [-0.39, 0.29) is 11.0 Å². The predicted octanol–water partition coefficient (Wildman–Crippen LogP) is 4.46. The van der Waals surface area contributed by atoms with E-state index in [2.05, 4.69) is 33.9 Å². The van der Waals surface area contributed by atoms with E-state index in [1.54, 1.807) is 0 Å². The summed E-state index contributed by atoms with van der Waals surface area (Å²) in [6.07, 6.45) is -2.70. The van der Waals surface area contributed by atoms with E-state index in [0.29, 0.717) is 12.8 Å². The van der Waals surface area contributed by atoms with Gasteiger partial charge in [-0.1, -0.05) is 34.6 Å². The van der Waals surface area contributed by atoms with Gasteiger partial charge in [0, 0.05) is 5.41 Å². The largest absolute Gasteiger partial charge is 0.454 e. The van der Waals surface area contributed by atoms with E-state index in [1.807, 2.05) is 48.5 Å². The third kappa shape index (κ3) is 3.80. The normalized spacial score (nSPS) is 44.5. The Morgan fingerprint density at radius 2 is 1.26 bits per heavy atom. The standard InChI is InChI=1S/C28H46O9Si/c1-23(2,3)38(11,12)37-20-18-16(32-25(6,7)34-18)15(17-19(20)35-26(8,9)33-17)31-22(30)28-14-13-27(10,21(29)36-28)24(28,4)5/h15-20H,13-14H2,1-12H3/t15?,16-,17-,18-,19+,20?,27+,28-/m1/s1. The van der Waals surface area contributed by atoms with Gasteiger partial charge < -0.3 is 32.8 Å². The first-order valence-electron chi connectivity index (χ1n) is 13.9. The summed E-state index contributed by atoms with van der Waals surface area (Å²) in [4.78, 5) is 26.9. The first-order chi connectivity index (χ1) is 17.1. The second kappa shape index (κ2) is 8.03. The number of rotatable bonds is 4. The van der Waals surface area contributed by atoms with E-state index in [4.69, 9.17) is 32.8 Å². The SMILES string of the molecule is CC1(C)O[C@@H]2C(OC(=O)[C@@]34CC[C@@](C)(C(=O)O3)C4(C)C)[C@H]3OC(C)(C)O[C@H]3C(O[Si](C)(C)C(C)(C)C)[C@H]2O1. The Labute approximate surface area is 227 Å². The first-order valence-corrected chi connectivity index (χ1v) is 16.8. The van der Waals surface area contributed by atoms with Gasteiger partial charge in [-0.3, -0.25) is 4.79 Å². The van der Waals surface area contributed by atoms with Gasteiger partial charge in [0.15, 0.2) is 26.0 Å². The van der Waals surface area contributed by atoms with Crippen LogP contribution in [-0.2, 0) is 42.4 Å². The molecule has 0 N–H and O–H groups in total. The highest BCUT2D eigenvalue weighted by Crippen LogP contribution is 2.66. The maximum Gasteiger partial charge on any atom is 0.351 e. The zero-order chi connectivity index (χ0) is 28.5. The monoisotopic (exact) mass is 554 g/mol. The highest BCUT2D eigenvalue weighted by atomic mass is 28.4. The molecule has 0 spiro atoms. The molecule has 3 heterocycles.